The minimum atomic E-state index is -0.530. The van der Waals surface area contributed by atoms with Gasteiger partial charge in [0.2, 0.25) is 0 Å². The molecule has 1 aliphatic rings. The Morgan fingerprint density at radius 3 is 2.92 bits per heavy atom. The number of nitrogens with one attached hydrogen (secondary N) is 2. The van der Waals surface area contributed by atoms with Crippen molar-refractivity contribution in [1.82, 2.24) is 20.2 Å². The predicted molar refractivity (Wildman–Crippen MR) is 89.8 cm³/mol. The highest BCUT2D eigenvalue weighted by molar-refractivity contribution is 5.97. The quantitative estimate of drug-likeness (QED) is 0.884. The van der Waals surface area contributed by atoms with Gasteiger partial charge in [0.25, 0.3) is 5.91 Å². The lowest BCUT2D eigenvalue weighted by Gasteiger charge is -2.22. The number of H-pyrrole nitrogens is 1. The van der Waals surface area contributed by atoms with Gasteiger partial charge in [0, 0.05) is 18.7 Å². The number of likely N-dealkylation sites (tertiary alicyclic amines) is 1. The van der Waals surface area contributed by atoms with Crippen molar-refractivity contribution < 1.29 is 14.3 Å². The maximum Gasteiger partial charge on any atom is 0.407 e. The van der Waals surface area contributed by atoms with E-state index in [1.54, 1.807) is 23.4 Å². The molecular weight excluding hydrogens is 308 g/mol. The lowest BCUT2D eigenvalue weighted by molar-refractivity contribution is 0.0502. The van der Waals surface area contributed by atoms with Crippen molar-refractivity contribution >= 4 is 23.0 Å². The third kappa shape index (κ3) is 3.67. The van der Waals surface area contributed by atoms with Crippen LogP contribution in [0.4, 0.5) is 4.79 Å². The summed E-state index contributed by atoms with van der Waals surface area (Å²) in [7, 11) is 0. The van der Waals surface area contributed by atoms with Crippen LogP contribution in [0.3, 0.4) is 0 Å². The molecule has 7 heteroatoms. The zero-order chi connectivity index (χ0) is 17.3. The first-order chi connectivity index (χ1) is 11.3. The van der Waals surface area contributed by atoms with E-state index in [4.69, 9.17) is 4.74 Å². The monoisotopic (exact) mass is 330 g/mol. The predicted octanol–water partition coefficient (Wildman–Crippen LogP) is 2.30. The van der Waals surface area contributed by atoms with E-state index >= 15 is 0 Å². The molecule has 0 spiro atoms. The number of carbonyl (C=O) groups is 2. The van der Waals surface area contributed by atoms with E-state index in [-0.39, 0.29) is 11.9 Å². The van der Waals surface area contributed by atoms with Gasteiger partial charge in [-0.05, 0) is 45.4 Å². The third-order valence-electron chi connectivity index (χ3n) is 3.86. The SMILES string of the molecule is CC(C)(C)OC(=O)NC1CCN(C(=O)c2ccc3nc[nH]c3c2)C1. The van der Waals surface area contributed by atoms with Gasteiger partial charge in [-0.2, -0.15) is 0 Å². The molecule has 3 rings (SSSR count). The Hall–Kier alpha value is -2.57. The van der Waals surface area contributed by atoms with Gasteiger partial charge in [0.15, 0.2) is 0 Å². The van der Waals surface area contributed by atoms with Gasteiger partial charge in [-0.25, -0.2) is 9.78 Å². The first kappa shape index (κ1) is 16.3. The number of fused-ring (bicyclic) bond motifs is 1. The molecule has 2 heterocycles. The number of aromatic nitrogens is 2. The summed E-state index contributed by atoms with van der Waals surface area (Å²) in [5, 5.41) is 2.83. The first-order valence-electron chi connectivity index (χ1n) is 8.04. The number of hydrogen-bond acceptors (Lipinski definition) is 4. The Morgan fingerprint density at radius 1 is 1.38 bits per heavy atom. The average molecular weight is 330 g/mol. The van der Waals surface area contributed by atoms with Crippen LogP contribution in [0.5, 0.6) is 0 Å². The zero-order valence-electron chi connectivity index (χ0n) is 14.1. The van der Waals surface area contributed by atoms with Crippen LogP contribution in [-0.2, 0) is 4.74 Å². The maximum absolute atomic E-state index is 12.6. The molecule has 2 aromatic rings. The highest BCUT2D eigenvalue weighted by atomic mass is 16.6. The van der Waals surface area contributed by atoms with Gasteiger partial charge in [0.05, 0.1) is 23.4 Å². The average Bonchev–Trinajstić information content (AvgIpc) is 3.12. The maximum atomic E-state index is 12.6. The molecule has 0 saturated carbocycles. The molecule has 1 aromatic heterocycles. The number of amides is 2. The standard InChI is InChI=1S/C17H22N4O3/c1-17(2,3)24-16(23)20-12-6-7-21(9-12)15(22)11-4-5-13-14(8-11)19-10-18-13/h4-5,8,10,12H,6-7,9H2,1-3H3,(H,18,19)(H,20,23). The summed E-state index contributed by atoms with van der Waals surface area (Å²) in [5.74, 6) is -0.0417. The summed E-state index contributed by atoms with van der Waals surface area (Å²) >= 11 is 0. The summed E-state index contributed by atoms with van der Waals surface area (Å²) in [6.45, 7) is 6.56. The lowest BCUT2D eigenvalue weighted by atomic mass is 10.2. The largest absolute Gasteiger partial charge is 0.444 e. The first-order valence-corrected chi connectivity index (χ1v) is 8.04. The molecular formula is C17H22N4O3. The topological polar surface area (TPSA) is 87.3 Å². The van der Waals surface area contributed by atoms with Crippen LogP contribution in [0.1, 0.15) is 37.6 Å². The number of ether oxygens (including phenoxy) is 1. The summed E-state index contributed by atoms with van der Waals surface area (Å²) in [6.07, 6.45) is 1.88. The highest BCUT2D eigenvalue weighted by Gasteiger charge is 2.29. The Morgan fingerprint density at radius 2 is 2.17 bits per heavy atom. The van der Waals surface area contributed by atoms with Crippen LogP contribution >= 0.6 is 0 Å². The van der Waals surface area contributed by atoms with E-state index in [1.807, 2.05) is 26.8 Å². The lowest BCUT2D eigenvalue weighted by Crippen LogP contribution is -2.41. The number of hydrogen-bond donors (Lipinski definition) is 2. The molecule has 24 heavy (non-hydrogen) atoms. The van der Waals surface area contributed by atoms with Crippen LogP contribution in [0, 0.1) is 0 Å². The second kappa shape index (κ2) is 6.14. The van der Waals surface area contributed by atoms with E-state index in [2.05, 4.69) is 15.3 Å². The van der Waals surface area contributed by atoms with E-state index in [9.17, 15) is 9.59 Å². The molecule has 0 aliphatic carbocycles. The molecule has 1 atom stereocenters. The van der Waals surface area contributed by atoms with Crippen molar-refractivity contribution in [2.24, 2.45) is 0 Å². The zero-order valence-corrected chi connectivity index (χ0v) is 14.1. The Balaban J connectivity index is 1.60. The van der Waals surface area contributed by atoms with Gasteiger partial charge < -0.3 is 19.9 Å². The van der Waals surface area contributed by atoms with Gasteiger partial charge in [-0.3, -0.25) is 4.79 Å². The van der Waals surface area contributed by atoms with Crippen molar-refractivity contribution in [1.29, 1.82) is 0 Å². The molecule has 1 fully saturated rings. The molecule has 0 bridgehead atoms. The molecule has 1 aromatic carbocycles. The second-order valence-corrected chi connectivity index (χ2v) is 7.02. The van der Waals surface area contributed by atoms with E-state index < -0.39 is 11.7 Å². The van der Waals surface area contributed by atoms with Gasteiger partial charge in [-0.15, -0.1) is 0 Å². The summed E-state index contributed by atoms with van der Waals surface area (Å²) in [6, 6.07) is 5.32. The Bertz CT molecular complexity index is 763. The second-order valence-electron chi connectivity index (χ2n) is 7.02. The number of rotatable bonds is 2. The smallest absolute Gasteiger partial charge is 0.407 e. The number of imidazole rings is 1. The molecule has 1 saturated heterocycles. The fourth-order valence-electron chi connectivity index (χ4n) is 2.79. The summed E-state index contributed by atoms with van der Waals surface area (Å²) in [4.78, 5) is 33.4. The molecule has 0 radical (unpaired) electrons. The van der Waals surface area contributed by atoms with Crippen molar-refractivity contribution in [3.05, 3.63) is 30.1 Å². The molecule has 1 unspecified atom stereocenters. The Labute approximate surface area is 140 Å². The van der Waals surface area contributed by atoms with Crippen LogP contribution in [0.15, 0.2) is 24.5 Å². The number of nitrogens with zero attached hydrogens (tertiary/aromatic N) is 2. The third-order valence-corrected chi connectivity index (χ3v) is 3.86. The van der Waals surface area contributed by atoms with E-state index in [0.29, 0.717) is 18.7 Å². The number of carbonyl (C=O) groups excluding carboxylic acids is 2. The molecule has 2 amide bonds. The van der Waals surface area contributed by atoms with Crippen molar-refractivity contribution in [3.8, 4) is 0 Å². The fourth-order valence-corrected chi connectivity index (χ4v) is 2.79. The summed E-state index contributed by atoms with van der Waals surface area (Å²) < 4.78 is 5.25. The molecule has 128 valence electrons. The van der Waals surface area contributed by atoms with Crippen LogP contribution < -0.4 is 5.32 Å². The molecule has 2 N–H and O–H groups in total. The van der Waals surface area contributed by atoms with Gasteiger partial charge >= 0.3 is 6.09 Å². The molecule has 7 nitrogen and oxygen atoms in total. The Kier molecular flexibility index (Phi) is 4.17. The normalized spacial score (nSPS) is 18.0. The van der Waals surface area contributed by atoms with Crippen LogP contribution in [0.25, 0.3) is 11.0 Å². The van der Waals surface area contributed by atoms with Crippen LogP contribution in [0.2, 0.25) is 0 Å². The number of benzene rings is 1. The van der Waals surface area contributed by atoms with Crippen molar-refractivity contribution in [2.75, 3.05) is 13.1 Å². The number of alkyl carbamates (subject to hydrolysis) is 1. The minimum absolute atomic E-state index is 0.0417. The molecule has 1 aliphatic heterocycles. The van der Waals surface area contributed by atoms with Crippen LogP contribution in [-0.4, -0.2) is 51.6 Å². The number of aromatic amines is 1. The summed E-state index contributed by atoms with van der Waals surface area (Å²) in [5.41, 5.74) is 1.75. The van der Waals surface area contributed by atoms with Gasteiger partial charge in [-0.1, -0.05) is 0 Å². The highest BCUT2D eigenvalue weighted by Crippen LogP contribution is 2.17. The fraction of sp³-hybridized carbons (Fsp3) is 0.471. The van der Waals surface area contributed by atoms with E-state index in [1.165, 1.54) is 0 Å². The van der Waals surface area contributed by atoms with Gasteiger partial charge in [0.1, 0.15) is 5.60 Å². The van der Waals surface area contributed by atoms with E-state index in [0.717, 1.165) is 17.5 Å². The minimum Gasteiger partial charge on any atom is -0.444 e. The van der Waals surface area contributed by atoms with Crippen molar-refractivity contribution in [2.45, 2.75) is 38.8 Å². The van der Waals surface area contributed by atoms with Crippen molar-refractivity contribution in [3.63, 3.8) is 0 Å².